The van der Waals surface area contributed by atoms with Crippen LogP contribution in [0.4, 0.5) is 0 Å². The minimum Gasteiger partial charge on any atom is -0.313 e. The molecule has 1 aromatic rings. The summed E-state index contributed by atoms with van der Waals surface area (Å²) in [5.74, 6) is 0. The van der Waals surface area contributed by atoms with Crippen molar-refractivity contribution in [3.63, 3.8) is 0 Å². The predicted molar refractivity (Wildman–Crippen MR) is 76.7 cm³/mol. The van der Waals surface area contributed by atoms with E-state index >= 15 is 0 Å². The summed E-state index contributed by atoms with van der Waals surface area (Å²) < 4.78 is 0. The predicted octanol–water partition coefficient (Wildman–Crippen LogP) is 4.37. The lowest BCUT2D eigenvalue weighted by Gasteiger charge is -2.23. The van der Waals surface area contributed by atoms with E-state index in [1.807, 2.05) is 0 Å². The molecule has 96 valence electrons. The quantitative estimate of drug-likeness (QED) is 0.796. The molecule has 0 aliphatic rings. The molecule has 0 amide bonds. The molecule has 1 atom stereocenters. The Bertz CT molecular complexity index is 353. The zero-order chi connectivity index (χ0) is 13.0. The summed E-state index contributed by atoms with van der Waals surface area (Å²) in [7, 11) is 2.08. The monoisotopic (exact) mass is 233 g/mol. The number of unbranched alkanes of at least 4 members (excludes halogenated alkanes) is 1. The average Bonchev–Trinajstić information content (AvgIpc) is 2.31. The van der Waals surface area contributed by atoms with Gasteiger partial charge >= 0.3 is 0 Å². The minimum atomic E-state index is 0.508. The van der Waals surface area contributed by atoms with E-state index in [-0.39, 0.29) is 0 Å². The maximum Gasteiger partial charge on any atom is 0.0322 e. The molecule has 17 heavy (non-hydrogen) atoms. The van der Waals surface area contributed by atoms with Gasteiger partial charge in [-0.15, -0.1) is 0 Å². The average molecular weight is 233 g/mol. The van der Waals surface area contributed by atoms with E-state index in [0.29, 0.717) is 6.04 Å². The number of nitrogens with one attached hydrogen (secondary N) is 1. The van der Waals surface area contributed by atoms with Crippen LogP contribution in [-0.4, -0.2) is 7.05 Å². The zero-order valence-electron chi connectivity index (χ0n) is 12.3. The molecule has 0 aliphatic carbocycles. The second-order valence-corrected chi connectivity index (χ2v) is 5.16. The van der Waals surface area contributed by atoms with Gasteiger partial charge in [0.1, 0.15) is 0 Å². The van der Waals surface area contributed by atoms with Crippen LogP contribution in [0.2, 0.25) is 0 Å². The fourth-order valence-corrected chi connectivity index (χ4v) is 2.61. The van der Waals surface area contributed by atoms with Gasteiger partial charge in [0.25, 0.3) is 0 Å². The maximum absolute atomic E-state index is 3.49. The highest BCUT2D eigenvalue weighted by Gasteiger charge is 2.16. The second-order valence-electron chi connectivity index (χ2n) is 5.16. The highest BCUT2D eigenvalue weighted by Crippen LogP contribution is 2.29. The number of hydrogen-bond donors (Lipinski definition) is 1. The Hall–Kier alpha value is -0.820. The van der Waals surface area contributed by atoms with E-state index in [1.165, 1.54) is 47.1 Å². The van der Waals surface area contributed by atoms with Gasteiger partial charge in [0, 0.05) is 6.04 Å². The van der Waals surface area contributed by atoms with Crippen molar-refractivity contribution in [3.8, 4) is 0 Å². The Morgan fingerprint density at radius 2 is 1.59 bits per heavy atom. The molecule has 0 saturated carbocycles. The lowest BCUT2D eigenvalue weighted by atomic mass is 9.88. The summed E-state index contributed by atoms with van der Waals surface area (Å²) in [6.07, 6.45) is 3.79. The molecular weight excluding hydrogens is 206 g/mol. The zero-order valence-corrected chi connectivity index (χ0v) is 12.3. The molecule has 0 aliphatic heterocycles. The fraction of sp³-hybridized carbons (Fsp3) is 0.625. The SMILES string of the molecule is CCCCC(NC)c1c(C)c(C)cc(C)c1C. The Morgan fingerprint density at radius 3 is 2.00 bits per heavy atom. The molecule has 0 bridgehead atoms. The van der Waals surface area contributed by atoms with Gasteiger partial charge in [0.2, 0.25) is 0 Å². The summed E-state index contributed by atoms with van der Waals surface area (Å²) >= 11 is 0. The van der Waals surface area contributed by atoms with Crippen molar-refractivity contribution in [3.05, 3.63) is 33.9 Å². The first-order valence-corrected chi connectivity index (χ1v) is 6.77. The minimum absolute atomic E-state index is 0.508. The first-order chi connectivity index (χ1) is 8.02. The van der Waals surface area contributed by atoms with Gasteiger partial charge in [-0.2, -0.15) is 0 Å². The molecule has 1 nitrogen and oxygen atoms in total. The van der Waals surface area contributed by atoms with Crippen LogP contribution in [0.1, 0.15) is 60.0 Å². The molecular formula is C16H27N. The molecule has 1 rings (SSSR count). The summed E-state index contributed by atoms with van der Waals surface area (Å²) in [5, 5.41) is 3.49. The lowest BCUT2D eigenvalue weighted by Crippen LogP contribution is -2.19. The van der Waals surface area contributed by atoms with Gasteiger partial charge in [0.05, 0.1) is 0 Å². The van der Waals surface area contributed by atoms with E-state index in [9.17, 15) is 0 Å². The van der Waals surface area contributed by atoms with Gasteiger partial charge < -0.3 is 5.32 Å². The standard InChI is InChI=1S/C16H27N/c1-7-8-9-15(17-6)16-13(4)11(2)10-12(3)14(16)5/h10,15,17H,7-9H2,1-6H3. The van der Waals surface area contributed by atoms with Crippen LogP contribution >= 0.6 is 0 Å². The number of benzene rings is 1. The van der Waals surface area contributed by atoms with Crippen LogP contribution in [-0.2, 0) is 0 Å². The van der Waals surface area contributed by atoms with Crippen molar-refractivity contribution in [2.24, 2.45) is 0 Å². The van der Waals surface area contributed by atoms with Crippen LogP contribution in [0, 0.1) is 27.7 Å². The molecule has 1 aromatic carbocycles. The highest BCUT2D eigenvalue weighted by molar-refractivity contribution is 5.45. The summed E-state index contributed by atoms with van der Waals surface area (Å²) in [6, 6.07) is 2.81. The molecule has 0 saturated heterocycles. The number of hydrogen-bond acceptors (Lipinski definition) is 1. The molecule has 0 spiro atoms. The number of aryl methyl sites for hydroxylation is 2. The first kappa shape index (κ1) is 14.2. The van der Waals surface area contributed by atoms with E-state index in [4.69, 9.17) is 0 Å². The van der Waals surface area contributed by atoms with Crippen molar-refractivity contribution in [2.45, 2.75) is 59.9 Å². The lowest BCUT2D eigenvalue weighted by molar-refractivity contribution is 0.518. The van der Waals surface area contributed by atoms with Crippen molar-refractivity contribution < 1.29 is 0 Å². The van der Waals surface area contributed by atoms with E-state index < -0.39 is 0 Å². The van der Waals surface area contributed by atoms with Crippen molar-refractivity contribution in [1.29, 1.82) is 0 Å². The van der Waals surface area contributed by atoms with Gasteiger partial charge in [-0.3, -0.25) is 0 Å². The first-order valence-electron chi connectivity index (χ1n) is 6.77. The molecule has 1 unspecified atom stereocenters. The van der Waals surface area contributed by atoms with E-state index in [2.05, 4.69) is 53.0 Å². The van der Waals surface area contributed by atoms with Gasteiger partial charge in [-0.05, 0) is 69.0 Å². The van der Waals surface area contributed by atoms with E-state index in [1.54, 1.807) is 0 Å². The molecule has 0 fully saturated rings. The van der Waals surface area contributed by atoms with Crippen LogP contribution in [0.25, 0.3) is 0 Å². The summed E-state index contributed by atoms with van der Waals surface area (Å²) in [6.45, 7) is 11.2. The highest BCUT2D eigenvalue weighted by atomic mass is 14.9. The molecule has 1 N–H and O–H groups in total. The largest absolute Gasteiger partial charge is 0.313 e. The van der Waals surface area contributed by atoms with Gasteiger partial charge in [-0.1, -0.05) is 25.8 Å². The topological polar surface area (TPSA) is 12.0 Å². The maximum atomic E-state index is 3.49. The third kappa shape index (κ3) is 3.10. The van der Waals surface area contributed by atoms with Gasteiger partial charge in [0.15, 0.2) is 0 Å². The molecule has 0 heterocycles. The normalized spacial score (nSPS) is 12.8. The van der Waals surface area contributed by atoms with Crippen molar-refractivity contribution in [1.82, 2.24) is 5.32 Å². The second kappa shape index (κ2) is 6.20. The Labute approximate surface area is 107 Å². The Morgan fingerprint density at radius 1 is 1.06 bits per heavy atom. The third-order valence-corrected chi connectivity index (χ3v) is 3.97. The Balaban J connectivity index is 3.17. The molecule has 0 aromatic heterocycles. The fourth-order valence-electron chi connectivity index (χ4n) is 2.61. The van der Waals surface area contributed by atoms with Crippen LogP contribution in [0.3, 0.4) is 0 Å². The molecule has 0 radical (unpaired) electrons. The molecule has 1 heteroatoms. The summed E-state index contributed by atoms with van der Waals surface area (Å²) in [5.41, 5.74) is 7.28. The smallest absolute Gasteiger partial charge is 0.0322 e. The van der Waals surface area contributed by atoms with Crippen LogP contribution < -0.4 is 5.32 Å². The third-order valence-electron chi connectivity index (χ3n) is 3.97. The van der Waals surface area contributed by atoms with Crippen molar-refractivity contribution >= 4 is 0 Å². The van der Waals surface area contributed by atoms with E-state index in [0.717, 1.165) is 0 Å². The van der Waals surface area contributed by atoms with Crippen LogP contribution in [0.5, 0.6) is 0 Å². The number of rotatable bonds is 5. The Kier molecular flexibility index (Phi) is 5.20. The van der Waals surface area contributed by atoms with Gasteiger partial charge in [-0.25, -0.2) is 0 Å². The van der Waals surface area contributed by atoms with Crippen LogP contribution in [0.15, 0.2) is 6.07 Å². The van der Waals surface area contributed by atoms with Crippen molar-refractivity contribution in [2.75, 3.05) is 7.05 Å². The summed E-state index contributed by atoms with van der Waals surface area (Å²) in [4.78, 5) is 0.